The zero-order chi connectivity index (χ0) is 19.8. The summed E-state index contributed by atoms with van der Waals surface area (Å²) in [4.78, 5) is 9.80. The van der Waals surface area contributed by atoms with E-state index in [0.29, 0.717) is 6.61 Å². The van der Waals surface area contributed by atoms with Gasteiger partial charge in [-0.05, 0) is 39.8 Å². The molecule has 1 aliphatic carbocycles. The first-order valence-corrected chi connectivity index (χ1v) is 11.0. The second-order valence-electron chi connectivity index (χ2n) is 8.11. The van der Waals surface area contributed by atoms with Crippen molar-refractivity contribution in [2.45, 2.75) is 57.6 Å². The molecule has 0 aromatic carbocycles. The molecule has 158 valence electrons. The maximum atomic E-state index is 5.98. The first-order valence-electron chi connectivity index (χ1n) is 11.0. The largest absolute Gasteiger partial charge is 0.370 e. The Labute approximate surface area is 170 Å². The van der Waals surface area contributed by atoms with Crippen LogP contribution < -0.4 is 5.32 Å². The summed E-state index contributed by atoms with van der Waals surface area (Å²) < 4.78 is 7.81. The lowest BCUT2D eigenvalue weighted by atomic mass is 9.94. The molecule has 1 unspecified atom stereocenters. The number of nitrogens with zero attached hydrogens (tertiary/aromatic N) is 5. The molecule has 0 spiro atoms. The number of hydrogen-bond acceptors (Lipinski definition) is 4. The van der Waals surface area contributed by atoms with E-state index < -0.39 is 0 Å². The number of hydrogen-bond donors (Lipinski definition) is 1. The van der Waals surface area contributed by atoms with Crippen LogP contribution in [-0.4, -0.2) is 78.0 Å². The highest BCUT2D eigenvalue weighted by molar-refractivity contribution is 5.80. The summed E-state index contributed by atoms with van der Waals surface area (Å²) in [5.74, 6) is 1.01. The third kappa shape index (κ3) is 5.95. The zero-order valence-electron chi connectivity index (χ0n) is 17.9. The summed E-state index contributed by atoms with van der Waals surface area (Å²) >= 11 is 0. The van der Waals surface area contributed by atoms with Gasteiger partial charge in [0.1, 0.15) is 6.10 Å². The highest BCUT2D eigenvalue weighted by atomic mass is 16.5. The Morgan fingerprint density at radius 3 is 2.89 bits per heavy atom. The van der Waals surface area contributed by atoms with Crippen molar-refractivity contribution in [3.63, 3.8) is 0 Å². The van der Waals surface area contributed by atoms with Gasteiger partial charge in [-0.1, -0.05) is 19.3 Å². The van der Waals surface area contributed by atoms with Crippen LogP contribution >= 0.6 is 0 Å². The van der Waals surface area contributed by atoms with Crippen LogP contribution in [0.3, 0.4) is 0 Å². The second-order valence-corrected chi connectivity index (χ2v) is 8.11. The Morgan fingerprint density at radius 2 is 2.18 bits per heavy atom. The van der Waals surface area contributed by atoms with Crippen LogP contribution in [0.5, 0.6) is 0 Å². The van der Waals surface area contributed by atoms with Crippen molar-refractivity contribution in [2.75, 3.05) is 46.4 Å². The van der Waals surface area contributed by atoms with Crippen molar-refractivity contribution in [3.05, 3.63) is 18.0 Å². The van der Waals surface area contributed by atoms with E-state index >= 15 is 0 Å². The molecule has 0 amide bonds. The number of morpholine rings is 1. The van der Waals surface area contributed by atoms with Gasteiger partial charge in [0.05, 0.1) is 19.3 Å². The molecular weight excluding hydrogens is 352 g/mol. The summed E-state index contributed by atoms with van der Waals surface area (Å²) in [6.07, 6.45) is 12.1. The monoisotopic (exact) mass is 390 g/mol. The average molecular weight is 391 g/mol. The van der Waals surface area contributed by atoms with E-state index in [1.807, 2.05) is 24.1 Å². The molecule has 1 saturated carbocycles. The molecule has 2 heterocycles. The minimum Gasteiger partial charge on any atom is -0.370 e. The maximum absolute atomic E-state index is 5.98. The molecule has 1 aromatic heterocycles. The molecule has 7 nitrogen and oxygen atoms in total. The predicted molar refractivity (Wildman–Crippen MR) is 114 cm³/mol. The van der Waals surface area contributed by atoms with E-state index in [2.05, 4.69) is 34.2 Å². The smallest absolute Gasteiger partial charge is 0.194 e. The van der Waals surface area contributed by atoms with Gasteiger partial charge in [0, 0.05) is 44.5 Å². The Bertz CT molecular complexity index is 610. The van der Waals surface area contributed by atoms with Crippen molar-refractivity contribution >= 4 is 5.96 Å². The molecule has 0 bridgehead atoms. The highest BCUT2D eigenvalue weighted by Crippen LogP contribution is 2.22. The number of rotatable bonds is 7. The van der Waals surface area contributed by atoms with E-state index in [9.17, 15) is 0 Å². The average Bonchev–Trinajstić information content (AvgIpc) is 3.17. The van der Waals surface area contributed by atoms with Gasteiger partial charge in [-0.25, -0.2) is 0 Å². The molecule has 2 fully saturated rings. The normalized spacial score (nSPS) is 22.1. The van der Waals surface area contributed by atoms with Crippen LogP contribution in [0.15, 0.2) is 17.4 Å². The third-order valence-electron chi connectivity index (χ3n) is 5.93. The van der Waals surface area contributed by atoms with Crippen molar-refractivity contribution in [1.29, 1.82) is 0 Å². The Morgan fingerprint density at radius 1 is 1.36 bits per heavy atom. The summed E-state index contributed by atoms with van der Waals surface area (Å²) in [6.45, 7) is 7.43. The lowest BCUT2D eigenvalue weighted by Gasteiger charge is -2.35. The van der Waals surface area contributed by atoms with Crippen molar-refractivity contribution in [2.24, 2.45) is 12.0 Å². The topological polar surface area (TPSA) is 57.9 Å². The van der Waals surface area contributed by atoms with E-state index in [4.69, 9.17) is 9.73 Å². The van der Waals surface area contributed by atoms with Crippen LogP contribution in [0.25, 0.3) is 0 Å². The zero-order valence-corrected chi connectivity index (χ0v) is 17.9. The van der Waals surface area contributed by atoms with Gasteiger partial charge in [0.25, 0.3) is 0 Å². The van der Waals surface area contributed by atoms with Gasteiger partial charge in [-0.2, -0.15) is 5.10 Å². The highest BCUT2D eigenvalue weighted by Gasteiger charge is 2.25. The van der Waals surface area contributed by atoms with Crippen molar-refractivity contribution < 1.29 is 4.74 Å². The Hall–Kier alpha value is -1.60. The first-order chi connectivity index (χ1) is 13.7. The van der Waals surface area contributed by atoms with Gasteiger partial charge < -0.3 is 19.9 Å². The SMILES string of the molecule is CCNC(=NCCCN(C)C1CCCCC1)N1CCOC(c2cnn(C)c2)C1. The van der Waals surface area contributed by atoms with E-state index in [0.717, 1.165) is 56.7 Å². The molecule has 1 aliphatic heterocycles. The van der Waals surface area contributed by atoms with Crippen LogP contribution in [-0.2, 0) is 11.8 Å². The minimum absolute atomic E-state index is 0.0590. The molecule has 7 heteroatoms. The number of nitrogens with one attached hydrogen (secondary N) is 1. The molecule has 1 saturated heterocycles. The van der Waals surface area contributed by atoms with Gasteiger partial charge in [-0.15, -0.1) is 0 Å². The number of guanidine groups is 1. The van der Waals surface area contributed by atoms with Crippen molar-refractivity contribution in [3.8, 4) is 0 Å². The van der Waals surface area contributed by atoms with Crippen LogP contribution in [0.4, 0.5) is 0 Å². The lowest BCUT2D eigenvalue weighted by molar-refractivity contribution is -0.00804. The van der Waals surface area contributed by atoms with Crippen molar-refractivity contribution in [1.82, 2.24) is 24.9 Å². The molecule has 1 N–H and O–H groups in total. The van der Waals surface area contributed by atoms with Gasteiger partial charge >= 0.3 is 0 Å². The molecule has 28 heavy (non-hydrogen) atoms. The number of ether oxygens (including phenoxy) is 1. The third-order valence-corrected chi connectivity index (χ3v) is 5.93. The summed E-state index contributed by atoms with van der Waals surface area (Å²) in [7, 11) is 4.23. The quantitative estimate of drug-likeness (QED) is 0.440. The summed E-state index contributed by atoms with van der Waals surface area (Å²) in [5, 5.41) is 7.75. The maximum Gasteiger partial charge on any atom is 0.194 e. The number of aromatic nitrogens is 2. The lowest BCUT2D eigenvalue weighted by Crippen LogP contribution is -2.48. The molecule has 1 atom stereocenters. The Balaban J connectivity index is 1.50. The van der Waals surface area contributed by atoms with E-state index in [1.54, 1.807) is 0 Å². The molecule has 2 aliphatic rings. The van der Waals surface area contributed by atoms with Crippen LogP contribution in [0, 0.1) is 0 Å². The fourth-order valence-electron chi connectivity index (χ4n) is 4.29. The number of aliphatic imine (C=N–C) groups is 1. The fourth-order valence-corrected chi connectivity index (χ4v) is 4.29. The minimum atomic E-state index is 0.0590. The molecule has 3 rings (SSSR count). The Kier molecular flexibility index (Phi) is 8.15. The first kappa shape index (κ1) is 21.1. The van der Waals surface area contributed by atoms with Crippen LogP contribution in [0.1, 0.15) is 57.1 Å². The van der Waals surface area contributed by atoms with E-state index in [-0.39, 0.29) is 6.10 Å². The van der Waals surface area contributed by atoms with Gasteiger partial charge in [-0.3, -0.25) is 9.67 Å². The number of aryl methyl sites for hydroxylation is 1. The molecular formula is C21H38N6O. The fraction of sp³-hybridized carbons (Fsp3) is 0.810. The summed E-state index contributed by atoms with van der Waals surface area (Å²) in [5.41, 5.74) is 1.14. The van der Waals surface area contributed by atoms with Crippen LogP contribution in [0.2, 0.25) is 0 Å². The molecule has 0 radical (unpaired) electrons. The molecule has 1 aromatic rings. The van der Waals surface area contributed by atoms with E-state index in [1.165, 1.54) is 32.1 Å². The second kappa shape index (κ2) is 10.8. The predicted octanol–water partition coefficient (Wildman–Crippen LogP) is 2.41. The summed E-state index contributed by atoms with van der Waals surface area (Å²) in [6, 6.07) is 0.783. The van der Waals surface area contributed by atoms with Gasteiger partial charge in [0.2, 0.25) is 0 Å². The standard InChI is InChI=1S/C21H38N6O/c1-4-22-21(23-11-8-12-25(2)19-9-6-5-7-10-19)27-13-14-28-20(17-27)18-15-24-26(3)16-18/h15-16,19-20H,4-14,17H2,1-3H3,(H,22,23). The van der Waals surface area contributed by atoms with Gasteiger partial charge in [0.15, 0.2) is 5.96 Å².